The molecule has 0 amide bonds. The molecule has 1 aliphatic carbocycles. The lowest BCUT2D eigenvalue weighted by Gasteiger charge is -2.31. The van der Waals surface area contributed by atoms with E-state index in [1.807, 2.05) is 60.7 Å². The zero-order chi connectivity index (χ0) is 21.1. The Morgan fingerprint density at radius 2 is 1.57 bits per heavy atom. The van der Waals surface area contributed by atoms with Gasteiger partial charge in [0.15, 0.2) is 9.84 Å². The summed E-state index contributed by atoms with van der Waals surface area (Å²) in [4.78, 5) is 13.1. The van der Waals surface area contributed by atoms with Gasteiger partial charge in [0.1, 0.15) is 11.4 Å². The Balaban J connectivity index is 1.58. The predicted molar refractivity (Wildman–Crippen MR) is 118 cm³/mol. The Morgan fingerprint density at radius 1 is 0.900 bits per heavy atom. The third-order valence-electron chi connectivity index (χ3n) is 6.01. The predicted octanol–water partition coefficient (Wildman–Crippen LogP) is 5.27. The summed E-state index contributed by atoms with van der Waals surface area (Å²) in [7, 11) is -3.62. The van der Waals surface area contributed by atoms with Crippen LogP contribution in [0.1, 0.15) is 44.1 Å². The fourth-order valence-corrected chi connectivity index (χ4v) is 6.17. The number of hydrogen-bond donors (Lipinski definition) is 0. The van der Waals surface area contributed by atoms with Crippen LogP contribution in [-0.2, 0) is 19.4 Å². The second-order valence-electron chi connectivity index (χ2n) is 7.98. The van der Waals surface area contributed by atoms with Crippen LogP contribution in [0.5, 0.6) is 0 Å². The lowest BCUT2D eigenvalue weighted by Crippen LogP contribution is -2.40. The van der Waals surface area contributed by atoms with Gasteiger partial charge < -0.3 is 4.74 Å². The Labute approximate surface area is 177 Å². The maximum Gasteiger partial charge on any atom is 0.313 e. The van der Waals surface area contributed by atoms with Crippen LogP contribution in [0.2, 0.25) is 0 Å². The van der Waals surface area contributed by atoms with Crippen molar-refractivity contribution in [1.82, 2.24) is 0 Å². The van der Waals surface area contributed by atoms with Gasteiger partial charge in [-0.2, -0.15) is 0 Å². The molecule has 1 saturated carbocycles. The Morgan fingerprint density at radius 3 is 2.33 bits per heavy atom. The molecule has 3 aromatic carbocycles. The summed E-state index contributed by atoms with van der Waals surface area (Å²) < 4.78 is 32.7. The van der Waals surface area contributed by atoms with Gasteiger partial charge in [0.2, 0.25) is 0 Å². The molecule has 3 aromatic rings. The summed E-state index contributed by atoms with van der Waals surface area (Å²) >= 11 is 0. The highest BCUT2D eigenvalue weighted by Gasteiger charge is 2.39. The number of sulfone groups is 1. The molecule has 156 valence electrons. The topological polar surface area (TPSA) is 60.4 Å². The zero-order valence-electron chi connectivity index (χ0n) is 17.0. The molecule has 0 saturated heterocycles. The molecular formula is C25H26O4S. The van der Waals surface area contributed by atoms with Gasteiger partial charge in [0.05, 0.1) is 10.8 Å². The Hall–Kier alpha value is -2.66. The molecule has 0 unspecified atom stereocenters. The van der Waals surface area contributed by atoms with Gasteiger partial charge in [-0.05, 0) is 54.7 Å². The van der Waals surface area contributed by atoms with Crippen molar-refractivity contribution < 1.29 is 17.9 Å². The highest BCUT2D eigenvalue weighted by molar-refractivity contribution is 7.92. The van der Waals surface area contributed by atoms with E-state index in [1.165, 1.54) is 0 Å². The summed E-state index contributed by atoms with van der Waals surface area (Å²) in [6.45, 7) is 1.80. The first-order chi connectivity index (χ1) is 14.5. The van der Waals surface area contributed by atoms with Crippen LogP contribution in [0.3, 0.4) is 0 Å². The molecule has 0 heterocycles. The fraction of sp³-hybridized carbons (Fsp3) is 0.320. The third kappa shape index (κ3) is 4.12. The molecule has 0 bridgehead atoms. The lowest BCUT2D eigenvalue weighted by atomic mass is 9.96. The molecule has 0 aromatic heterocycles. The van der Waals surface area contributed by atoms with E-state index >= 15 is 0 Å². The van der Waals surface area contributed by atoms with Gasteiger partial charge in [-0.3, -0.25) is 4.79 Å². The molecule has 1 fully saturated rings. The second-order valence-corrected chi connectivity index (χ2v) is 10.2. The minimum Gasteiger partial charge on any atom is -0.461 e. The first kappa shape index (κ1) is 20.6. The van der Waals surface area contributed by atoms with Gasteiger partial charge >= 0.3 is 5.97 Å². The van der Waals surface area contributed by atoms with Crippen LogP contribution in [0, 0.1) is 0 Å². The SMILES string of the molecule is C[C@@H](C(=O)O[C@@H]1CCCC[C@H]1S(=O)(=O)c1ccc2ccccc2c1)c1ccccc1. The van der Waals surface area contributed by atoms with Crippen molar-refractivity contribution in [2.24, 2.45) is 0 Å². The fourth-order valence-electron chi connectivity index (χ4n) is 4.20. The molecule has 4 rings (SSSR count). The van der Waals surface area contributed by atoms with E-state index in [4.69, 9.17) is 4.74 Å². The summed E-state index contributed by atoms with van der Waals surface area (Å²) in [5.74, 6) is -0.802. The minimum absolute atomic E-state index is 0.297. The molecule has 30 heavy (non-hydrogen) atoms. The third-order valence-corrected chi connectivity index (χ3v) is 8.26. The number of esters is 1. The van der Waals surface area contributed by atoms with Gasteiger partial charge in [-0.25, -0.2) is 8.42 Å². The molecule has 1 aliphatic rings. The van der Waals surface area contributed by atoms with E-state index in [0.29, 0.717) is 17.7 Å². The molecule has 5 heteroatoms. The van der Waals surface area contributed by atoms with E-state index in [-0.39, 0.29) is 5.97 Å². The van der Waals surface area contributed by atoms with Crippen molar-refractivity contribution in [2.45, 2.75) is 54.8 Å². The lowest BCUT2D eigenvalue weighted by molar-refractivity contribution is -0.151. The maximum atomic E-state index is 13.5. The zero-order valence-corrected chi connectivity index (χ0v) is 17.8. The Bertz CT molecular complexity index is 1140. The maximum absolute atomic E-state index is 13.5. The minimum atomic E-state index is -3.62. The van der Waals surface area contributed by atoms with Crippen LogP contribution in [0.4, 0.5) is 0 Å². The highest BCUT2D eigenvalue weighted by Crippen LogP contribution is 2.33. The van der Waals surface area contributed by atoms with Crippen molar-refractivity contribution in [3.63, 3.8) is 0 Å². The number of fused-ring (bicyclic) bond motifs is 1. The normalized spacial score (nSPS) is 20.6. The van der Waals surface area contributed by atoms with E-state index in [9.17, 15) is 13.2 Å². The largest absolute Gasteiger partial charge is 0.461 e. The smallest absolute Gasteiger partial charge is 0.313 e. The standard InChI is InChI=1S/C25H26O4S/c1-18(19-9-3-2-4-10-19)25(26)29-23-13-7-8-14-24(23)30(27,28)22-16-15-20-11-5-6-12-21(20)17-22/h2-6,9-12,15-18,23-24H,7-8,13-14H2,1H3/t18-,23-,24-/m1/s1. The van der Waals surface area contributed by atoms with Gasteiger partial charge in [0.25, 0.3) is 0 Å². The van der Waals surface area contributed by atoms with Crippen molar-refractivity contribution in [3.05, 3.63) is 78.4 Å². The molecule has 0 radical (unpaired) electrons. The second kappa shape index (κ2) is 8.60. The summed E-state index contributed by atoms with van der Waals surface area (Å²) in [6.07, 6.45) is 2.15. The van der Waals surface area contributed by atoms with E-state index in [2.05, 4.69) is 0 Å². The average Bonchev–Trinajstić information content (AvgIpc) is 2.79. The monoisotopic (exact) mass is 422 g/mol. The quantitative estimate of drug-likeness (QED) is 0.526. The van der Waals surface area contributed by atoms with Crippen LogP contribution < -0.4 is 0 Å². The van der Waals surface area contributed by atoms with Gasteiger partial charge in [-0.15, -0.1) is 0 Å². The molecular weight excluding hydrogens is 396 g/mol. The van der Waals surface area contributed by atoms with Crippen molar-refractivity contribution in [2.75, 3.05) is 0 Å². The first-order valence-electron chi connectivity index (χ1n) is 10.4. The van der Waals surface area contributed by atoms with Crippen LogP contribution >= 0.6 is 0 Å². The Kier molecular flexibility index (Phi) is 5.91. The highest BCUT2D eigenvalue weighted by atomic mass is 32.2. The number of carbonyl (C=O) groups is 1. The molecule has 0 spiro atoms. The van der Waals surface area contributed by atoms with E-state index in [0.717, 1.165) is 29.2 Å². The number of hydrogen-bond acceptors (Lipinski definition) is 4. The number of rotatable bonds is 5. The van der Waals surface area contributed by atoms with Crippen molar-refractivity contribution >= 4 is 26.6 Å². The summed E-state index contributed by atoms with van der Waals surface area (Å²) in [5.41, 5.74) is 0.868. The molecule has 0 N–H and O–H groups in total. The number of ether oxygens (including phenoxy) is 1. The van der Waals surface area contributed by atoms with Crippen LogP contribution in [-0.4, -0.2) is 25.7 Å². The van der Waals surface area contributed by atoms with Crippen molar-refractivity contribution in [3.8, 4) is 0 Å². The van der Waals surface area contributed by atoms with E-state index in [1.54, 1.807) is 19.1 Å². The molecule has 4 nitrogen and oxygen atoms in total. The molecule has 0 aliphatic heterocycles. The summed E-state index contributed by atoms with van der Waals surface area (Å²) in [6, 6.07) is 22.4. The van der Waals surface area contributed by atoms with Crippen molar-refractivity contribution in [1.29, 1.82) is 0 Å². The number of carbonyl (C=O) groups excluding carboxylic acids is 1. The van der Waals surface area contributed by atoms with E-state index < -0.39 is 27.1 Å². The van der Waals surface area contributed by atoms with Crippen LogP contribution in [0.25, 0.3) is 10.8 Å². The van der Waals surface area contributed by atoms with Crippen LogP contribution in [0.15, 0.2) is 77.7 Å². The van der Waals surface area contributed by atoms with Gasteiger partial charge in [-0.1, -0.05) is 67.1 Å². The molecule has 3 atom stereocenters. The first-order valence-corrected chi connectivity index (χ1v) is 12.0. The number of benzene rings is 3. The summed E-state index contributed by atoms with van der Waals surface area (Å²) in [5, 5.41) is 1.18. The van der Waals surface area contributed by atoms with Gasteiger partial charge in [0, 0.05) is 0 Å². The average molecular weight is 423 g/mol.